The van der Waals surface area contributed by atoms with Crippen molar-refractivity contribution in [2.24, 2.45) is 5.73 Å². The summed E-state index contributed by atoms with van der Waals surface area (Å²) in [5.74, 6) is -0.139. The van der Waals surface area contributed by atoms with Crippen LogP contribution in [0, 0.1) is 17.0 Å². The molecule has 1 aromatic carbocycles. The number of rotatable bonds is 6. The number of hydrogen-bond donors (Lipinski definition) is 2. The van der Waals surface area contributed by atoms with Crippen LogP contribution in [0.5, 0.6) is 0 Å². The predicted octanol–water partition coefficient (Wildman–Crippen LogP) is 1.65. The molecule has 6 heteroatoms. The number of nitro groups is 1. The minimum atomic E-state index is -0.423. The fraction of sp³-hybridized carbons (Fsp3) is 0.462. The van der Waals surface area contributed by atoms with Crippen LogP contribution < -0.4 is 11.1 Å². The highest BCUT2D eigenvalue weighted by atomic mass is 16.6. The summed E-state index contributed by atoms with van der Waals surface area (Å²) in [6.45, 7) is 3.88. The van der Waals surface area contributed by atoms with E-state index in [1.54, 1.807) is 19.1 Å². The van der Waals surface area contributed by atoms with Gasteiger partial charge >= 0.3 is 0 Å². The maximum atomic E-state index is 11.6. The number of nitro benzene ring substituents is 1. The summed E-state index contributed by atoms with van der Waals surface area (Å²) in [5, 5.41) is 13.5. The third-order valence-electron chi connectivity index (χ3n) is 3.06. The van der Waals surface area contributed by atoms with Crippen LogP contribution in [0.2, 0.25) is 0 Å². The summed E-state index contributed by atoms with van der Waals surface area (Å²) < 4.78 is 0. The molecule has 0 bridgehead atoms. The Morgan fingerprint density at radius 3 is 2.79 bits per heavy atom. The number of nitrogens with two attached hydrogens (primary N) is 1. The number of nitrogens with zero attached hydrogens (tertiary/aromatic N) is 1. The molecule has 0 heterocycles. The molecule has 19 heavy (non-hydrogen) atoms. The average Bonchev–Trinajstić information content (AvgIpc) is 2.37. The highest BCUT2D eigenvalue weighted by Crippen LogP contribution is 2.20. The SMILES string of the molecule is CCC(N)CC(=O)NCc1cccc([N+](=O)[O-])c1C. The van der Waals surface area contributed by atoms with E-state index in [4.69, 9.17) is 5.73 Å². The van der Waals surface area contributed by atoms with Gasteiger partial charge in [-0.2, -0.15) is 0 Å². The van der Waals surface area contributed by atoms with Gasteiger partial charge in [0.1, 0.15) is 0 Å². The molecule has 1 unspecified atom stereocenters. The lowest BCUT2D eigenvalue weighted by Crippen LogP contribution is -2.31. The topological polar surface area (TPSA) is 98.3 Å². The van der Waals surface area contributed by atoms with Gasteiger partial charge in [-0.1, -0.05) is 19.1 Å². The number of carbonyl (C=O) groups excluding carboxylic acids is 1. The quantitative estimate of drug-likeness (QED) is 0.603. The predicted molar refractivity (Wildman–Crippen MR) is 72.6 cm³/mol. The Bertz CT molecular complexity index is 474. The van der Waals surface area contributed by atoms with Crippen molar-refractivity contribution in [1.29, 1.82) is 0 Å². The molecular formula is C13H19N3O3. The van der Waals surface area contributed by atoms with Crippen molar-refractivity contribution in [3.63, 3.8) is 0 Å². The minimum Gasteiger partial charge on any atom is -0.352 e. The van der Waals surface area contributed by atoms with Crippen LogP contribution in [-0.4, -0.2) is 16.9 Å². The fourth-order valence-electron chi connectivity index (χ4n) is 1.71. The zero-order valence-electron chi connectivity index (χ0n) is 11.2. The largest absolute Gasteiger partial charge is 0.352 e. The number of amides is 1. The highest BCUT2D eigenvalue weighted by Gasteiger charge is 2.14. The van der Waals surface area contributed by atoms with Crippen molar-refractivity contribution in [2.75, 3.05) is 0 Å². The van der Waals surface area contributed by atoms with Gasteiger partial charge in [-0.3, -0.25) is 14.9 Å². The van der Waals surface area contributed by atoms with E-state index in [1.165, 1.54) is 6.07 Å². The third kappa shape index (κ3) is 4.33. The van der Waals surface area contributed by atoms with Crippen LogP contribution in [-0.2, 0) is 11.3 Å². The summed E-state index contributed by atoms with van der Waals surface area (Å²) >= 11 is 0. The molecule has 1 aromatic rings. The van der Waals surface area contributed by atoms with Gasteiger partial charge < -0.3 is 11.1 Å². The van der Waals surface area contributed by atoms with E-state index in [9.17, 15) is 14.9 Å². The molecule has 1 rings (SSSR count). The van der Waals surface area contributed by atoms with Crippen molar-refractivity contribution >= 4 is 11.6 Å². The molecular weight excluding hydrogens is 246 g/mol. The van der Waals surface area contributed by atoms with Crippen LogP contribution in [0.4, 0.5) is 5.69 Å². The van der Waals surface area contributed by atoms with E-state index < -0.39 is 4.92 Å². The molecule has 0 aromatic heterocycles. The molecule has 0 saturated carbocycles. The van der Waals surface area contributed by atoms with E-state index in [-0.39, 0.29) is 30.6 Å². The molecule has 0 aliphatic heterocycles. The molecule has 0 aliphatic carbocycles. The van der Waals surface area contributed by atoms with Crippen molar-refractivity contribution in [1.82, 2.24) is 5.32 Å². The second-order valence-corrected chi connectivity index (χ2v) is 4.47. The van der Waals surface area contributed by atoms with E-state index in [0.717, 1.165) is 12.0 Å². The highest BCUT2D eigenvalue weighted by molar-refractivity contribution is 5.76. The van der Waals surface area contributed by atoms with Gasteiger partial charge in [0.25, 0.3) is 5.69 Å². The number of benzene rings is 1. The number of carbonyl (C=O) groups is 1. The van der Waals surface area contributed by atoms with E-state index in [0.29, 0.717) is 5.56 Å². The normalized spacial score (nSPS) is 11.9. The van der Waals surface area contributed by atoms with Crippen LogP contribution >= 0.6 is 0 Å². The van der Waals surface area contributed by atoms with Crippen molar-refractivity contribution in [3.05, 3.63) is 39.4 Å². The maximum Gasteiger partial charge on any atom is 0.272 e. The van der Waals surface area contributed by atoms with Gasteiger partial charge in [0, 0.05) is 30.6 Å². The summed E-state index contributed by atoms with van der Waals surface area (Å²) in [6.07, 6.45) is 1.01. The molecule has 0 saturated heterocycles. The Balaban J connectivity index is 2.66. The third-order valence-corrected chi connectivity index (χ3v) is 3.06. The van der Waals surface area contributed by atoms with Crippen molar-refractivity contribution < 1.29 is 9.72 Å². The van der Waals surface area contributed by atoms with Gasteiger partial charge in [-0.05, 0) is 18.9 Å². The van der Waals surface area contributed by atoms with Gasteiger partial charge in [-0.25, -0.2) is 0 Å². The van der Waals surface area contributed by atoms with E-state index >= 15 is 0 Å². The molecule has 1 atom stereocenters. The Hall–Kier alpha value is -1.95. The van der Waals surface area contributed by atoms with Crippen molar-refractivity contribution in [3.8, 4) is 0 Å². The Kier molecular flexibility index (Phi) is 5.44. The summed E-state index contributed by atoms with van der Waals surface area (Å²) in [5.41, 5.74) is 7.07. The first kappa shape index (κ1) is 15.1. The van der Waals surface area contributed by atoms with E-state index in [1.807, 2.05) is 6.92 Å². The molecule has 6 nitrogen and oxygen atoms in total. The van der Waals surface area contributed by atoms with Crippen LogP contribution in [0.3, 0.4) is 0 Å². The van der Waals surface area contributed by atoms with Crippen LogP contribution in [0.1, 0.15) is 30.9 Å². The summed E-state index contributed by atoms with van der Waals surface area (Å²) in [6, 6.07) is 4.69. The Labute approximate surface area is 112 Å². The summed E-state index contributed by atoms with van der Waals surface area (Å²) in [7, 11) is 0. The maximum absolute atomic E-state index is 11.6. The Morgan fingerprint density at radius 2 is 2.21 bits per heavy atom. The van der Waals surface area contributed by atoms with Gasteiger partial charge in [0.05, 0.1) is 4.92 Å². The molecule has 3 N–H and O–H groups in total. The van der Waals surface area contributed by atoms with Crippen LogP contribution in [0.15, 0.2) is 18.2 Å². The van der Waals surface area contributed by atoms with Gasteiger partial charge in [-0.15, -0.1) is 0 Å². The molecule has 0 aliphatic rings. The second kappa shape index (κ2) is 6.84. The number of nitrogens with one attached hydrogen (secondary N) is 1. The zero-order valence-corrected chi connectivity index (χ0v) is 11.2. The smallest absolute Gasteiger partial charge is 0.272 e. The fourth-order valence-corrected chi connectivity index (χ4v) is 1.71. The standard InChI is InChI=1S/C13H19N3O3/c1-3-11(14)7-13(17)15-8-10-5-4-6-12(9(10)2)16(18)19/h4-6,11H,3,7-8,14H2,1-2H3,(H,15,17). The number of hydrogen-bond acceptors (Lipinski definition) is 4. The van der Waals surface area contributed by atoms with E-state index in [2.05, 4.69) is 5.32 Å². The monoisotopic (exact) mass is 265 g/mol. The lowest BCUT2D eigenvalue weighted by atomic mass is 10.1. The van der Waals surface area contributed by atoms with Gasteiger partial charge in [0.15, 0.2) is 0 Å². The van der Waals surface area contributed by atoms with Crippen LogP contribution in [0.25, 0.3) is 0 Å². The van der Waals surface area contributed by atoms with Gasteiger partial charge in [0.2, 0.25) is 5.91 Å². The van der Waals surface area contributed by atoms with Crippen molar-refractivity contribution in [2.45, 2.75) is 39.3 Å². The average molecular weight is 265 g/mol. The molecule has 1 amide bonds. The molecule has 104 valence electrons. The first-order valence-corrected chi connectivity index (χ1v) is 6.20. The summed E-state index contributed by atoms with van der Waals surface area (Å²) in [4.78, 5) is 22.0. The zero-order chi connectivity index (χ0) is 14.4. The molecule has 0 radical (unpaired) electrons. The molecule has 0 fully saturated rings. The first-order chi connectivity index (χ1) is 8.95. The first-order valence-electron chi connectivity index (χ1n) is 6.20. The molecule has 0 spiro atoms. The second-order valence-electron chi connectivity index (χ2n) is 4.47. The lowest BCUT2D eigenvalue weighted by Gasteiger charge is -2.10. The minimum absolute atomic E-state index is 0.0667. The lowest BCUT2D eigenvalue weighted by molar-refractivity contribution is -0.385. The Morgan fingerprint density at radius 1 is 1.53 bits per heavy atom.